The molecule has 0 aromatic heterocycles. The van der Waals surface area contributed by atoms with Crippen molar-refractivity contribution in [3.8, 4) is 0 Å². The van der Waals surface area contributed by atoms with Crippen LogP contribution in [-0.4, -0.2) is 17.0 Å². The molecule has 114 valence electrons. The van der Waals surface area contributed by atoms with Crippen LogP contribution < -0.4 is 5.32 Å². The number of aromatic carboxylic acids is 1. The monoisotopic (exact) mass is 311 g/mol. The summed E-state index contributed by atoms with van der Waals surface area (Å²) in [5.41, 5.74) is 2.72. The summed E-state index contributed by atoms with van der Waals surface area (Å²) >= 11 is 0. The molecule has 0 atom stereocenters. The molecule has 0 bridgehead atoms. The van der Waals surface area contributed by atoms with Crippen LogP contribution in [0.3, 0.4) is 0 Å². The molecule has 2 aromatic carbocycles. The van der Waals surface area contributed by atoms with Crippen molar-refractivity contribution in [1.29, 1.82) is 0 Å². The molecule has 1 amide bonds. The third-order valence-corrected chi connectivity index (χ3v) is 3.92. The minimum atomic E-state index is -1.03. The number of carbonyl (C=O) groups excluding carboxylic acids is 1. The third kappa shape index (κ3) is 1.99. The summed E-state index contributed by atoms with van der Waals surface area (Å²) in [6.45, 7) is 0.174. The van der Waals surface area contributed by atoms with Crippen LogP contribution >= 0.6 is 0 Å². The van der Waals surface area contributed by atoms with Crippen molar-refractivity contribution in [2.75, 3.05) is 5.32 Å². The highest BCUT2D eigenvalue weighted by Gasteiger charge is 2.33. The molecular formula is C17H10FNO4. The fourth-order valence-electron chi connectivity index (χ4n) is 2.87. The number of nitrogens with one attached hydrogen (secondary N) is 1. The lowest BCUT2D eigenvalue weighted by Gasteiger charge is -2.05. The predicted octanol–water partition coefficient (Wildman–Crippen LogP) is 2.87. The van der Waals surface area contributed by atoms with E-state index in [9.17, 15) is 14.0 Å². The number of ether oxygens (including phenoxy) is 1. The van der Waals surface area contributed by atoms with Crippen molar-refractivity contribution < 1.29 is 23.8 Å². The number of hydrogen-bond donors (Lipinski definition) is 2. The third-order valence-electron chi connectivity index (χ3n) is 3.92. The Labute approximate surface area is 130 Å². The summed E-state index contributed by atoms with van der Waals surface area (Å²) < 4.78 is 19.1. The summed E-state index contributed by atoms with van der Waals surface area (Å²) in [6, 6.07) is 8.64. The van der Waals surface area contributed by atoms with E-state index in [4.69, 9.17) is 9.84 Å². The molecule has 6 heteroatoms. The van der Waals surface area contributed by atoms with Gasteiger partial charge in [-0.05, 0) is 36.4 Å². The summed E-state index contributed by atoms with van der Waals surface area (Å²) in [5, 5.41) is 11.7. The normalized spacial score (nSPS) is 18.2. The van der Waals surface area contributed by atoms with E-state index in [2.05, 4.69) is 5.32 Å². The highest BCUT2D eigenvalue weighted by molar-refractivity contribution is 6.36. The maximum atomic E-state index is 13.5. The molecule has 2 heterocycles. The first-order valence-corrected chi connectivity index (χ1v) is 6.89. The lowest BCUT2D eigenvalue weighted by Crippen LogP contribution is -2.05. The van der Waals surface area contributed by atoms with Crippen LogP contribution in [0.1, 0.15) is 27.0 Å². The van der Waals surface area contributed by atoms with Crippen molar-refractivity contribution in [2.45, 2.75) is 6.61 Å². The Bertz CT molecular complexity index is 917. The van der Waals surface area contributed by atoms with Crippen LogP contribution in [0.4, 0.5) is 10.1 Å². The largest absolute Gasteiger partial charge is 0.487 e. The topological polar surface area (TPSA) is 75.6 Å². The zero-order chi connectivity index (χ0) is 16.1. The van der Waals surface area contributed by atoms with Gasteiger partial charge in [-0.1, -0.05) is 0 Å². The van der Waals surface area contributed by atoms with Crippen LogP contribution in [0.15, 0.2) is 36.4 Å². The summed E-state index contributed by atoms with van der Waals surface area (Å²) in [4.78, 5) is 23.3. The van der Waals surface area contributed by atoms with Crippen molar-refractivity contribution >= 4 is 28.9 Å². The molecule has 0 aliphatic carbocycles. The van der Waals surface area contributed by atoms with Gasteiger partial charge in [0, 0.05) is 22.4 Å². The van der Waals surface area contributed by atoms with Gasteiger partial charge in [-0.3, -0.25) is 4.79 Å². The van der Waals surface area contributed by atoms with E-state index in [0.29, 0.717) is 28.1 Å². The molecule has 2 aliphatic heterocycles. The van der Waals surface area contributed by atoms with Gasteiger partial charge in [0.1, 0.15) is 18.2 Å². The molecule has 2 aromatic rings. The number of anilines is 1. The molecule has 0 unspecified atom stereocenters. The fraction of sp³-hybridized carbons (Fsp3) is 0.0588. The Balaban J connectivity index is 1.91. The standard InChI is InChI=1S/C17H10FNO4/c18-10-2-4-13-12(6-10)14(16(20)19-13)15-11-3-1-8(17(21)22)5-9(11)7-23-15/h1-6H,7H2,(H,19,20)(H,21,22). The van der Waals surface area contributed by atoms with E-state index in [1.807, 2.05) is 0 Å². The second-order valence-corrected chi connectivity index (χ2v) is 5.31. The quantitative estimate of drug-likeness (QED) is 0.794. The number of carboxylic acids is 1. The molecule has 2 N–H and O–H groups in total. The van der Waals surface area contributed by atoms with Crippen LogP contribution in [0.5, 0.6) is 0 Å². The minimum absolute atomic E-state index is 0.154. The number of fused-ring (bicyclic) bond motifs is 2. The number of carboxylic acid groups (broad SMARTS) is 1. The number of hydrogen-bond acceptors (Lipinski definition) is 3. The summed E-state index contributed by atoms with van der Waals surface area (Å²) in [5.74, 6) is -1.49. The molecule has 0 radical (unpaired) electrons. The lowest BCUT2D eigenvalue weighted by molar-refractivity contribution is -0.110. The van der Waals surface area contributed by atoms with E-state index in [0.717, 1.165) is 0 Å². The Morgan fingerprint density at radius 2 is 2.00 bits per heavy atom. The van der Waals surface area contributed by atoms with Gasteiger partial charge < -0.3 is 15.2 Å². The molecule has 2 aliphatic rings. The maximum Gasteiger partial charge on any atom is 0.335 e. The maximum absolute atomic E-state index is 13.5. The number of amides is 1. The molecule has 0 saturated heterocycles. The molecular weight excluding hydrogens is 301 g/mol. The van der Waals surface area contributed by atoms with Gasteiger partial charge in [-0.2, -0.15) is 0 Å². The van der Waals surface area contributed by atoms with Crippen molar-refractivity contribution in [3.05, 3.63) is 64.5 Å². The Hall–Kier alpha value is -3.15. The first-order chi connectivity index (χ1) is 11.0. The van der Waals surface area contributed by atoms with E-state index < -0.39 is 11.8 Å². The predicted molar refractivity (Wildman–Crippen MR) is 80.0 cm³/mol. The minimum Gasteiger partial charge on any atom is -0.487 e. The molecule has 0 saturated carbocycles. The van der Waals surface area contributed by atoms with E-state index in [-0.39, 0.29) is 23.7 Å². The lowest BCUT2D eigenvalue weighted by atomic mass is 9.99. The smallest absolute Gasteiger partial charge is 0.335 e. The Kier molecular flexibility index (Phi) is 2.74. The average molecular weight is 311 g/mol. The number of halogens is 1. The van der Waals surface area contributed by atoms with Crippen molar-refractivity contribution in [2.24, 2.45) is 0 Å². The second-order valence-electron chi connectivity index (χ2n) is 5.31. The van der Waals surface area contributed by atoms with Gasteiger partial charge in [-0.25, -0.2) is 9.18 Å². The molecule has 0 spiro atoms. The van der Waals surface area contributed by atoms with Gasteiger partial charge in [0.15, 0.2) is 0 Å². The highest BCUT2D eigenvalue weighted by atomic mass is 19.1. The van der Waals surface area contributed by atoms with E-state index in [1.54, 1.807) is 6.07 Å². The van der Waals surface area contributed by atoms with Crippen LogP contribution in [0.25, 0.3) is 11.3 Å². The Morgan fingerprint density at radius 1 is 1.17 bits per heavy atom. The van der Waals surface area contributed by atoms with Crippen LogP contribution in [0, 0.1) is 5.82 Å². The van der Waals surface area contributed by atoms with Gasteiger partial charge in [0.05, 0.1) is 11.1 Å². The van der Waals surface area contributed by atoms with E-state index in [1.165, 1.54) is 30.3 Å². The fourth-order valence-corrected chi connectivity index (χ4v) is 2.87. The van der Waals surface area contributed by atoms with Crippen molar-refractivity contribution in [1.82, 2.24) is 0 Å². The summed E-state index contributed by atoms with van der Waals surface area (Å²) in [7, 11) is 0. The highest BCUT2D eigenvalue weighted by Crippen LogP contribution is 2.41. The molecule has 4 rings (SSSR count). The van der Waals surface area contributed by atoms with Gasteiger partial charge in [0.25, 0.3) is 5.91 Å². The zero-order valence-corrected chi connectivity index (χ0v) is 11.7. The molecule has 5 nitrogen and oxygen atoms in total. The first kappa shape index (κ1) is 13.5. The van der Waals surface area contributed by atoms with E-state index >= 15 is 0 Å². The van der Waals surface area contributed by atoms with Gasteiger partial charge in [-0.15, -0.1) is 0 Å². The number of benzene rings is 2. The number of rotatable bonds is 1. The number of carbonyl (C=O) groups is 2. The zero-order valence-electron chi connectivity index (χ0n) is 11.7. The van der Waals surface area contributed by atoms with Crippen LogP contribution in [-0.2, 0) is 16.1 Å². The molecule has 23 heavy (non-hydrogen) atoms. The average Bonchev–Trinajstić information content (AvgIpc) is 3.06. The SMILES string of the molecule is O=C1Nc2ccc(F)cc2C1=C1OCc2cc(C(=O)O)ccc21. The second kappa shape index (κ2) is 4.67. The van der Waals surface area contributed by atoms with Crippen LogP contribution in [0.2, 0.25) is 0 Å². The molecule has 0 fully saturated rings. The first-order valence-electron chi connectivity index (χ1n) is 6.89. The van der Waals surface area contributed by atoms with Crippen molar-refractivity contribution in [3.63, 3.8) is 0 Å². The van der Waals surface area contributed by atoms with Gasteiger partial charge >= 0.3 is 5.97 Å². The Morgan fingerprint density at radius 3 is 2.78 bits per heavy atom. The summed E-state index contributed by atoms with van der Waals surface area (Å²) in [6.07, 6.45) is 0. The van der Waals surface area contributed by atoms with Gasteiger partial charge in [0.2, 0.25) is 0 Å².